The fourth-order valence-electron chi connectivity index (χ4n) is 2.36. The molecular formula is C16H18O2. The monoisotopic (exact) mass is 242 g/mol. The van der Waals surface area contributed by atoms with Gasteiger partial charge in [-0.25, -0.2) is 0 Å². The van der Waals surface area contributed by atoms with Gasteiger partial charge in [0.15, 0.2) is 0 Å². The first-order valence-corrected chi connectivity index (χ1v) is 6.10. The van der Waals surface area contributed by atoms with Crippen LogP contribution in [-0.4, -0.2) is 10.2 Å². The summed E-state index contributed by atoms with van der Waals surface area (Å²) in [6.07, 6.45) is -0.0203. The van der Waals surface area contributed by atoms with Gasteiger partial charge >= 0.3 is 0 Å². The molecule has 18 heavy (non-hydrogen) atoms. The number of aromatic hydroxyl groups is 1. The molecule has 0 aliphatic carbocycles. The molecule has 0 fully saturated rings. The van der Waals surface area contributed by atoms with Crippen molar-refractivity contribution >= 4 is 0 Å². The Morgan fingerprint density at radius 2 is 1.61 bits per heavy atom. The third-order valence-electron chi connectivity index (χ3n) is 3.21. The lowest BCUT2D eigenvalue weighted by molar-refractivity contribution is 0.177. The Bertz CT molecular complexity index is 526. The van der Waals surface area contributed by atoms with Crippen LogP contribution < -0.4 is 0 Å². The Morgan fingerprint density at radius 3 is 2.22 bits per heavy atom. The minimum absolute atomic E-state index is 0.237. The Hall–Kier alpha value is -1.80. The van der Waals surface area contributed by atoms with Crippen molar-refractivity contribution in [2.24, 2.45) is 0 Å². The normalized spacial score (nSPS) is 12.4. The van der Waals surface area contributed by atoms with E-state index in [0.29, 0.717) is 6.42 Å². The standard InChI is InChI=1S/C16H18O2/c1-11-5-3-6-12(2)16(11)15(18)10-13-7-4-8-14(17)9-13/h3-9,15,17-18H,10H2,1-2H3. The van der Waals surface area contributed by atoms with E-state index in [4.69, 9.17) is 0 Å². The number of aliphatic hydroxyl groups excluding tert-OH is 1. The molecule has 0 heterocycles. The Morgan fingerprint density at radius 1 is 1.00 bits per heavy atom. The summed E-state index contributed by atoms with van der Waals surface area (Å²) in [6, 6.07) is 13.0. The molecule has 94 valence electrons. The average molecular weight is 242 g/mol. The first-order chi connectivity index (χ1) is 8.58. The van der Waals surface area contributed by atoms with E-state index in [1.807, 2.05) is 38.1 Å². The van der Waals surface area contributed by atoms with Gasteiger partial charge in [-0.2, -0.15) is 0 Å². The highest BCUT2D eigenvalue weighted by Gasteiger charge is 2.13. The molecule has 2 rings (SSSR count). The van der Waals surface area contributed by atoms with Crippen LogP contribution in [-0.2, 0) is 6.42 Å². The fraction of sp³-hybridized carbons (Fsp3) is 0.250. The maximum absolute atomic E-state index is 10.3. The van der Waals surface area contributed by atoms with Crippen LogP contribution in [0, 0.1) is 13.8 Å². The lowest BCUT2D eigenvalue weighted by Gasteiger charge is -2.16. The van der Waals surface area contributed by atoms with Crippen LogP contribution >= 0.6 is 0 Å². The molecule has 2 nitrogen and oxygen atoms in total. The molecular weight excluding hydrogens is 224 g/mol. The number of hydrogen-bond donors (Lipinski definition) is 2. The minimum Gasteiger partial charge on any atom is -0.508 e. The van der Waals surface area contributed by atoms with Crippen LogP contribution in [0.1, 0.15) is 28.4 Å². The third kappa shape index (κ3) is 2.71. The zero-order valence-corrected chi connectivity index (χ0v) is 10.7. The van der Waals surface area contributed by atoms with E-state index in [1.165, 1.54) is 0 Å². The van der Waals surface area contributed by atoms with E-state index in [2.05, 4.69) is 0 Å². The van der Waals surface area contributed by atoms with Crippen LogP contribution in [0.25, 0.3) is 0 Å². The molecule has 0 spiro atoms. The molecule has 2 N–H and O–H groups in total. The summed E-state index contributed by atoms with van der Waals surface area (Å²) >= 11 is 0. The average Bonchev–Trinajstić information content (AvgIpc) is 2.28. The van der Waals surface area contributed by atoms with Gasteiger partial charge in [0.1, 0.15) is 5.75 Å². The van der Waals surface area contributed by atoms with Crippen molar-refractivity contribution in [2.75, 3.05) is 0 Å². The highest BCUT2D eigenvalue weighted by atomic mass is 16.3. The van der Waals surface area contributed by atoms with E-state index in [0.717, 1.165) is 22.3 Å². The molecule has 2 aromatic carbocycles. The lowest BCUT2D eigenvalue weighted by Crippen LogP contribution is -2.06. The number of phenols is 1. The molecule has 2 aromatic rings. The molecule has 0 aromatic heterocycles. The first-order valence-electron chi connectivity index (χ1n) is 6.10. The van der Waals surface area contributed by atoms with Crippen molar-refractivity contribution in [2.45, 2.75) is 26.4 Å². The highest BCUT2D eigenvalue weighted by molar-refractivity contribution is 5.37. The van der Waals surface area contributed by atoms with E-state index >= 15 is 0 Å². The lowest BCUT2D eigenvalue weighted by atomic mass is 9.94. The minimum atomic E-state index is -0.534. The fourth-order valence-corrected chi connectivity index (χ4v) is 2.36. The summed E-state index contributed by atoms with van der Waals surface area (Å²) in [4.78, 5) is 0. The number of rotatable bonds is 3. The Kier molecular flexibility index (Phi) is 3.68. The zero-order valence-electron chi connectivity index (χ0n) is 10.7. The Balaban J connectivity index is 2.25. The van der Waals surface area contributed by atoms with E-state index in [1.54, 1.807) is 18.2 Å². The molecule has 0 aliphatic rings. The summed E-state index contributed by atoms with van der Waals surface area (Å²) in [5.41, 5.74) is 4.12. The van der Waals surface area contributed by atoms with Crippen LogP contribution in [0.2, 0.25) is 0 Å². The molecule has 0 bridgehead atoms. The van der Waals surface area contributed by atoms with Gasteiger partial charge in [0.25, 0.3) is 0 Å². The maximum Gasteiger partial charge on any atom is 0.115 e. The zero-order chi connectivity index (χ0) is 13.1. The second kappa shape index (κ2) is 5.23. The maximum atomic E-state index is 10.3. The largest absolute Gasteiger partial charge is 0.508 e. The molecule has 2 heteroatoms. The van der Waals surface area contributed by atoms with E-state index in [9.17, 15) is 10.2 Å². The van der Waals surface area contributed by atoms with Crippen LogP contribution in [0.3, 0.4) is 0 Å². The van der Waals surface area contributed by atoms with Gasteiger partial charge in [-0.3, -0.25) is 0 Å². The van der Waals surface area contributed by atoms with Crippen molar-refractivity contribution in [1.82, 2.24) is 0 Å². The summed E-state index contributed by atoms with van der Waals surface area (Å²) in [6.45, 7) is 4.02. The van der Waals surface area contributed by atoms with Gasteiger partial charge < -0.3 is 10.2 Å². The van der Waals surface area contributed by atoms with Gasteiger partial charge in [0, 0.05) is 6.42 Å². The van der Waals surface area contributed by atoms with Gasteiger partial charge in [0.05, 0.1) is 6.10 Å². The van der Waals surface area contributed by atoms with Crippen LogP contribution in [0.15, 0.2) is 42.5 Å². The molecule has 1 unspecified atom stereocenters. The smallest absolute Gasteiger partial charge is 0.115 e. The van der Waals surface area contributed by atoms with Gasteiger partial charge in [0.2, 0.25) is 0 Å². The molecule has 0 saturated carbocycles. The summed E-state index contributed by atoms with van der Waals surface area (Å²) in [5.74, 6) is 0.237. The molecule has 0 amide bonds. The highest BCUT2D eigenvalue weighted by Crippen LogP contribution is 2.25. The summed E-state index contributed by atoms with van der Waals surface area (Å²) < 4.78 is 0. The number of aryl methyl sites for hydroxylation is 2. The molecule has 0 saturated heterocycles. The SMILES string of the molecule is Cc1cccc(C)c1C(O)Cc1cccc(O)c1. The number of phenolic OH excluding ortho intramolecular Hbond substituents is 1. The third-order valence-corrected chi connectivity index (χ3v) is 3.21. The quantitative estimate of drug-likeness (QED) is 0.867. The van der Waals surface area contributed by atoms with Crippen LogP contribution in [0.5, 0.6) is 5.75 Å². The van der Waals surface area contributed by atoms with Crippen molar-refractivity contribution in [3.63, 3.8) is 0 Å². The van der Waals surface area contributed by atoms with E-state index in [-0.39, 0.29) is 5.75 Å². The second-order valence-electron chi connectivity index (χ2n) is 4.70. The van der Waals surface area contributed by atoms with Gasteiger partial charge in [-0.1, -0.05) is 30.3 Å². The first kappa shape index (κ1) is 12.7. The van der Waals surface area contributed by atoms with E-state index < -0.39 is 6.10 Å². The van der Waals surface area contributed by atoms with Crippen molar-refractivity contribution in [3.05, 3.63) is 64.7 Å². The molecule has 0 radical (unpaired) electrons. The van der Waals surface area contributed by atoms with Gasteiger partial charge in [-0.05, 0) is 48.2 Å². The van der Waals surface area contributed by atoms with Crippen molar-refractivity contribution in [1.29, 1.82) is 0 Å². The molecule has 1 atom stereocenters. The molecule has 0 aliphatic heterocycles. The number of benzene rings is 2. The van der Waals surface area contributed by atoms with Crippen LogP contribution in [0.4, 0.5) is 0 Å². The predicted molar refractivity (Wildman–Crippen MR) is 72.7 cm³/mol. The summed E-state index contributed by atoms with van der Waals surface area (Å²) in [5, 5.41) is 19.8. The number of aliphatic hydroxyl groups is 1. The Labute approximate surface area is 108 Å². The van der Waals surface area contributed by atoms with Crippen molar-refractivity contribution in [3.8, 4) is 5.75 Å². The van der Waals surface area contributed by atoms with Crippen molar-refractivity contribution < 1.29 is 10.2 Å². The topological polar surface area (TPSA) is 40.5 Å². The summed E-state index contributed by atoms with van der Waals surface area (Å²) in [7, 11) is 0. The van der Waals surface area contributed by atoms with Gasteiger partial charge in [-0.15, -0.1) is 0 Å². The second-order valence-corrected chi connectivity index (χ2v) is 4.70. The number of hydrogen-bond acceptors (Lipinski definition) is 2. The predicted octanol–water partition coefficient (Wildman–Crippen LogP) is 3.29.